The number of hydrogen-bond acceptors (Lipinski definition) is 2. The van der Waals surface area contributed by atoms with Gasteiger partial charge in [0.15, 0.2) is 0 Å². The van der Waals surface area contributed by atoms with Crippen molar-refractivity contribution in [3.8, 4) is 11.1 Å². The van der Waals surface area contributed by atoms with Gasteiger partial charge >= 0.3 is 0 Å². The van der Waals surface area contributed by atoms with Gasteiger partial charge < -0.3 is 9.80 Å². The summed E-state index contributed by atoms with van der Waals surface area (Å²) in [6.45, 7) is 9.71. The van der Waals surface area contributed by atoms with E-state index in [2.05, 4.69) is 213 Å². The third-order valence-electron chi connectivity index (χ3n) is 12.8. The fourth-order valence-electron chi connectivity index (χ4n) is 9.50. The molecule has 0 aromatic heterocycles. The largest absolute Gasteiger partial charge is 0.311 e. The van der Waals surface area contributed by atoms with Gasteiger partial charge in [0.2, 0.25) is 0 Å². The van der Waals surface area contributed by atoms with Crippen LogP contribution in [0.4, 0.5) is 34.1 Å². The molecule has 7 aromatic carbocycles. The Morgan fingerprint density at radius 3 is 1.48 bits per heavy atom. The van der Waals surface area contributed by atoms with Crippen molar-refractivity contribution in [1.29, 1.82) is 0 Å². The van der Waals surface area contributed by atoms with Crippen LogP contribution >= 0.6 is 0 Å². The predicted molar refractivity (Wildman–Crippen MR) is 242 cm³/mol. The minimum absolute atomic E-state index is 0.198. The van der Waals surface area contributed by atoms with Crippen molar-refractivity contribution in [2.45, 2.75) is 70.4 Å². The quantitative estimate of drug-likeness (QED) is 0.136. The molecule has 0 atom stereocenters. The maximum Gasteiger partial charge on any atom is 0.113 e. The molecule has 278 valence electrons. The Morgan fingerprint density at radius 1 is 0.446 bits per heavy atom. The SMILES string of the molecule is CC(C)(c1ccc(N(c2ccccc2)c2ccccc2)cc1)c1ccc(N(c2ccc(C3CCCCC3)cc2)c2cccc3c2-c2ccccc2[Si]3(C)C)cc1. The van der Waals surface area contributed by atoms with Crippen LogP contribution in [0.1, 0.15) is 68.6 Å². The maximum absolute atomic E-state index is 2.52. The first-order valence-electron chi connectivity index (χ1n) is 20.6. The van der Waals surface area contributed by atoms with Crippen LogP contribution in [-0.2, 0) is 5.41 Å². The monoisotopic (exact) mass is 744 g/mol. The van der Waals surface area contributed by atoms with Crippen molar-refractivity contribution in [1.82, 2.24) is 0 Å². The van der Waals surface area contributed by atoms with E-state index in [4.69, 9.17) is 0 Å². The Hall–Kier alpha value is -5.64. The van der Waals surface area contributed by atoms with Gasteiger partial charge in [-0.2, -0.15) is 0 Å². The molecule has 1 saturated carbocycles. The van der Waals surface area contributed by atoms with Crippen molar-refractivity contribution >= 4 is 52.6 Å². The second kappa shape index (κ2) is 14.8. The first-order chi connectivity index (χ1) is 27.3. The third-order valence-corrected chi connectivity index (χ3v) is 16.3. The maximum atomic E-state index is 2.52. The van der Waals surface area contributed by atoms with Crippen LogP contribution < -0.4 is 20.2 Å². The average molecular weight is 745 g/mol. The lowest BCUT2D eigenvalue weighted by molar-refractivity contribution is 0.443. The van der Waals surface area contributed by atoms with Crippen LogP contribution in [0.2, 0.25) is 13.1 Å². The van der Waals surface area contributed by atoms with Crippen molar-refractivity contribution in [2.24, 2.45) is 0 Å². The van der Waals surface area contributed by atoms with Crippen LogP contribution in [0, 0.1) is 0 Å². The molecule has 0 spiro atoms. The molecule has 1 heterocycles. The van der Waals surface area contributed by atoms with Crippen LogP contribution in [0.5, 0.6) is 0 Å². The molecule has 0 N–H and O–H groups in total. The number of para-hydroxylation sites is 2. The predicted octanol–water partition coefficient (Wildman–Crippen LogP) is 13.8. The Balaban J connectivity index is 1.08. The molecule has 1 aliphatic carbocycles. The van der Waals surface area contributed by atoms with E-state index in [0.717, 1.165) is 17.1 Å². The van der Waals surface area contributed by atoms with Gasteiger partial charge in [0.1, 0.15) is 8.07 Å². The first kappa shape index (κ1) is 36.0. The lowest BCUT2D eigenvalue weighted by Crippen LogP contribution is -2.49. The Morgan fingerprint density at radius 2 is 0.911 bits per heavy atom. The van der Waals surface area contributed by atoms with Crippen molar-refractivity contribution in [3.05, 3.63) is 193 Å². The van der Waals surface area contributed by atoms with Crippen LogP contribution in [0.15, 0.2) is 176 Å². The van der Waals surface area contributed by atoms with Crippen LogP contribution in [0.25, 0.3) is 11.1 Å². The van der Waals surface area contributed by atoms with Gasteiger partial charge in [-0.1, -0.05) is 155 Å². The van der Waals surface area contributed by atoms with Gasteiger partial charge in [0.05, 0.1) is 5.69 Å². The first-order valence-corrected chi connectivity index (χ1v) is 23.6. The van der Waals surface area contributed by atoms with E-state index >= 15 is 0 Å². The summed E-state index contributed by atoms with van der Waals surface area (Å²) in [5, 5.41) is 3.06. The molecule has 1 aliphatic heterocycles. The van der Waals surface area contributed by atoms with Crippen LogP contribution in [-0.4, -0.2) is 8.07 Å². The summed E-state index contributed by atoms with van der Waals surface area (Å²) >= 11 is 0. The molecule has 1 fully saturated rings. The number of rotatable bonds is 9. The van der Waals surface area contributed by atoms with Crippen molar-refractivity contribution in [3.63, 3.8) is 0 Å². The molecule has 0 bridgehead atoms. The van der Waals surface area contributed by atoms with E-state index in [9.17, 15) is 0 Å². The highest BCUT2D eigenvalue weighted by atomic mass is 28.3. The van der Waals surface area contributed by atoms with Gasteiger partial charge in [0, 0.05) is 39.4 Å². The molecule has 7 aromatic rings. The second-order valence-electron chi connectivity index (χ2n) is 16.9. The second-order valence-corrected chi connectivity index (χ2v) is 21.2. The summed E-state index contributed by atoms with van der Waals surface area (Å²) in [4.78, 5) is 4.84. The number of fused-ring (bicyclic) bond motifs is 3. The topological polar surface area (TPSA) is 6.48 Å². The lowest BCUT2D eigenvalue weighted by atomic mass is 9.78. The lowest BCUT2D eigenvalue weighted by Gasteiger charge is -2.31. The zero-order valence-electron chi connectivity index (χ0n) is 33.3. The van der Waals surface area contributed by atoms with Crippen molar-refractivity contribution < 1.29 is 0 Å². The molecule has 0 unspecified atom stereocenters. The normalized spacial score (nSPS) is 14.9. The van der Waals surface area contributed by atoms with Gasteiger partial charge in [-0.25, -0.2) is 0 Å². The Kier molecular flexibility index (Phi) is 9.51. The van der Waals surface area contributed by atoms with E-state index in [-0.39, 0.29) is 5.41 Å². The summed E-state index contributed by atoms with van der Waals surface area (Å²) in [7, 11) is -1.84. The fourth-order valence-corrected chi connectivity index (χ4v) is 12.6. The summed E-state index contributed by atoms with van der Waals surface area (Å²) in [6.07, 6.45) is 6.69. The molecule has 9 rings (SSSR count). The molecule has 56 heavy (non-hydrogen) atoms. The Bertz CT molecular complexity index is 2390. The van der Waals surface area contributed by atoms with E-state index in [1.165, 1.54) is 87.4 Å². The average Bonchev–Trinajstić information content (AvgIpc) is 3.49. The third kappa shape index (κ3) is 6.48. The highest BCUT2D eigenvalue weighted by Gasteiger charge is 2.39. The van der Waals surface area contributed by atoms with Gasteiger partial charge in [-0.15, -0.1) is 0 Å². The van der Waals surface area contributed by atoms with Gasteiger partial charge in [0.25, 0.3) is 0 Å². The highest BCUT2D eigenvalue weighted by Crippen LogP contribution is 2.45. The molecule has 2 nitrogen and oxygen atoms in total. The number of benzene rings is 7. The fraction of sp³-hybridized carbons (Fsp3) is 0.208. The zero-order valence-corrected chi connectivity index (χ0v) is 34.3. The molecule has 2 aliphatic rings. The van der Waals surface area contributed by atoms with E-state index in [1.807, 2.05) is 0 Å². The van der Waals surface area contributed by atoms with Crippen molar-refractivity contribution in [2.75, 3.05) is 9.80 Å². The van der Waals surface area contributed by atoms with E-state index in [1.54, 1.807) is 0 Å². The molecule has 0 radical (unpaired) electrons. The standard InChI is InChI=1S/C53H52N2Si/c1-53(2,41-29-35-45(36-30-41)54(43-19-10-6-11-20-43)44-21-12-7-13-22-44)42-31-37-47(38-32-42)55(46-33-27-40(28-34-46)39-17-8-5-9-18-39)49-24-16-26-51-52(49)48-23-14-15-25-50(48)56(51,3)4/h6-7,10-16,19-39H,5,8-9,17-18H2,1-4H3. The van der Waals surface area contributed by atoms with Gasteiger partial charge in [-0.05, 0) is 118 Å². The van der Waals surface area contributed by atoms with E-state index in [0.29, 0.717) is 5.92 Å². The number of nitrogens with zero attached hydrogens (tertiary/aromatic N) is 2. The summed E-state index contributed by atoms with van der Waals surface area (Å²) in [6, 6.07) is 65.5. The molecule has 3 heteroatoms. The minimum atomic E-state index is -1.84. The van der Waals surface area contributed by atoms with E-state index < -0.39 is 8.07 Å². The molecular formula is C53H52N2Si. The zero-order chi connectivity index (χ0) is 38.3. The summed E-state index contributed by atoms with van der Waals surface area (Å²) in [5.74, 6) is 0.682. The Labute approximate surface area is 335 Å². The summed E-state index contributed by atoms with van der Waals surface area (Å²) in [5.41, 5.74) is 13.8. The molecular weight excluding hydrogens is 693 g/mol. The smallest absolute Gasteiger partial charge is 0.113 e. The summed E-state index contributed by atoms with van der Waals surface area (Å²) < 4.78 is 0. The highest BCUT2D eigenvalue weighted by molar-refractivity contribution is 7.04. The number of hydrogen-bond donors (Lipinski definition) is 0. The van der Waals surface area contributed by atoms with Crippen LogP contribution in [0.3, 0.4) is 0 Å². The molecule has 0 saturated heterocycles. The number of anilines is 6. The minimum Gasteiger partial charge on any atom is -0.311 e. The van der Waals surface area contributed by atoms with Gasteiger partial charge in [-0.3, -0.25) is 0 Å². The molecule has 0 amide bonds.